The van der Waals surface area contributed by atoms with Gasteiger partial charge in [-0.15, -0.1) is 10.2 Å². The number of halogens is 6. The van der Waals surface area contributed by atoms with Crippen molar-refractivity contribution in [2.45, 2.75) is 17.9 Å². The molecule has 0 amide bonds. The number of alkyl halides is 6. The molecular formula is C26H18Cu2F6N12O6S2. The molecule has 0 aliphatic rings. The van der Waals surface area contributed by atoms with Crippen LogP contribution < -0.4 is 0 Å². The Morgan fingerprint density at radius 2 is 0.926 bits per heavy atom. The predicted molar refractivity (Wildman–Crippen MR) is 166 cm³/mol. The van der Waals surface area contributed by atoms with E-state index in [2.05, 4.69) is 30.1 Å². The fraction of sp³-hybridized carbons (Fsp3) is 0.115. The minimum absolute atomic E-state index is 0. The number of pyridine rings is 4. The molecule has 0 aromatic carbocycles. The third kappa shape index (κ3) is 16.2. The Kier molecular flexibility index (Phi) is 21.4. The Morgan fingerprint density at radius 3 is 1.17 bits per heavy atom. The van der Waals surface area contributed by atoms with Gasteiger partial charge in [-0.2, -0.15) is 31.6 Å². The Labute approximate surface area is 322 Å². The molecule has 0 fully saturated rings. The fourth-order valence-electron chi connectivity index (χ4n) is 3.05. The van der Waals surface area contributed by atoms with Crippen molar-refractivity contribution in [2.24, 2.45) is 0 Å². The van der Waals surface area contributed by atoms with E-state index >= 15 is 0 Å². The van der Waals surface area contributed by atoms with E-state index in [1.54, 1.807) is 30.6 Å². The number of rotatable bonds is 4. The molecule has 54 heavy (non-hydrogen) atoms. The van der Waals surface area contributed by atoms with Gasteiger partial charge in [0.05, 0.1) is 28.8 Å². The number of hydrogen-bond acceptors (Lipinski definition) is 13. The summed E-state index contributed by atoms with van der Waals surface area (Å²) in [6, 6.07) is 24.1. The first-order valence-electron chi connectivity index (χ1n) is 12.9. The van der Waals surface area contributed by atoms with Gasteiger partial charge >= 0.3 is 45.2 Å². The summed E-state index contributed by atoms with van der Waals surface area (Å²) < 4.78 is 119. The van der Waals surface area contributed by atoms with Crippen molar-refractivity contribution in [1.82, 2.24) is 34.8 Å². The molecule has 18 nitrogen and oxygen atoms in total. The minimum Gasteiger partial charge on any atom is -0.741 e. The van der Waals surface area contributed by atoms with Crippen LogP contribution in [0.15, 0.2) is 85.2 Å². The third-order valence-electron chi connectivity index (χ3n) is 5.04. The monoisotopic (exact) mass is 898 g/mol. The van der Waals surface area contributed by atoms with Crippen molar-refractivity contribution < 1.29 is 86.4 Å². The van der Waals surface area contributed by atoms with E-state index in [-0.39, 0.29) is 34.1 Å². The summed E-state index contributed by atoms with van der Waals surface area (Å²) in [7, 11) is -12.2. The summed E-state index contributed by atoms with van der Waals surface area (Å²) in [6.45, 7) is 1.43. The molecule has 5 aromatic heterocycles. The van der Waals surface area contributed by atoms with Gasteiger partial charge in [0, 0.05) is 19.3 Å². The van der Waals surface area contributed by atoms with Crippen LogP contribution in [0.5, 0.6) is 0 Å². The van der Waals surface area contributed by atoms with Gasteiger partial charge in [0.25, 0.3) is 0 Å². The second-order valence-corrected chi connectivity index (χ2v) is 11.3. The molecule has 5 rings (SSSR count). The van der Waals surface area contributed by atoms with Crippen LogP contribution in [0.1, 0.15) is 6.92 Å². The van der Waals surface area contributed by atoms with E-state index in [9.17, 15) is 26.3 Å². The maximum Gasteiger partial charge on any atom is 2.00 e. The summed E-state index contributed by atoms with van der Waals surface area (Å²) in [6.07, 6.45) is 3.43. The van der Waals surface area contributed by atoms with Gasteiger partial charge in [-0.05, 0) is 48.5 Å². The first-order valence-corrected chi connectivity index (χ1v) is 15.7. The standard InChI is InChI=1S/C22H15N8.C2H3N.2CHF3O3S.2Cu.N3/c23-30-21(19-11-5-9-17(26-19)15-7-1-3-13-24-15)28-29-22(30)20-12-6-10-18(27-20)16-8-2-4-14-25-16;1-2-3;2*2-1(3,4)8(5,6)7;;;1-3-2/h1-14,23H;1H3;2*(H,5,6,7);;;/q-1;;;;2*+2;-1/p-2. The van der Waals surface area contributed by atoms with Gasteiger partial charge < -0.3 is 30.7 Å². The van der Waals surface area contributed by atoms with Crippen molar-refractivity contribution in [3.63, 3.8) is 0 Å². The molecule has 0 saturated carbocycles. The van der Waals surface area contributed by atoms with Crippen LogP contribution in [-0.4, -0.2) is 71.8 Å². The smallest absolute Gasteiger partial charge is 0.741 e. The van der Waals surface area contributed by atoms with Gasteiger partial charge in [-0.1, -0.05) is 24.3 Å². The van der Waals surface area contributed by atoms with Crippen molar-refractivity contribution >= 4 is 20.2 Å². The number of nitrogens with one attached hydrogen (secondary N) is 1. The quantitative estimate of drug-likeness (QED) is 0.0390. The second-order valence-electron chi connectivity index (χ2n) is 8.54. The molecule has 5 aromatic rings. The Balaban J connectivity index is 0. The van der Waals surface area contributed by atoms with E-state index in [1.807, 2.05) is 60.7 Å². The maximum absolute atomic E-state index is 10.7. The molecule has 0 saturated heterocycles. The molecule has 2 radical (unpaired) electrons. The van der Waals surface area contributed by atoms with Crippen LogP contribution in [0.4, 0.5) is 26.3 Å². The largest absolute Gasteiger partial charge is 2.00 e. The summed E-state index contributed by atoms with van der Waals surface area (Å²) in [5, 5.41) is 15.7. The molecule has 0 spiro atoms. The Bertz CT molecular complexity index is 2060. The molecule has 294 valence electrons. The van der Waals surface area contributed by atoms with Crippen LogP contribution in [0, 0.1) is 11.3 Å². The topological polar surface area (TPSA) is 303 Å². The van der Waals surface area contributed by atoms with E-state index in [1.165, 1.54) is 11.8 Å². The molecule has 0 bridgehead atoms. The van der Waals surface area contributed by atoms with E-state index in [4.69, 9.17) is 48.1 Å². The van der Waals surface area contributed by atoms with Crippen LogP contribution in [0.2, 0.25) is 0 Å². The van der Waals surface area contributed by atoms with Crippen molar-refractivity contribution in [2.75, 3.05) is 0 Å². The average Bonchev–Trinajstić information content (AvgIpc) is 3.46. The zero-order valence-corrected chi connectivity index (χ0v) is 29.7. The molecular weight excluding hydrogens is 882 g/mol. The van der Waals surface area contributed by atoms with Crippen LogP contribution in [-0.2, 0) is 54.4 Å². The summed E-state index contributed by atoms with van der Waals surface area (Å²) in [5.41, 5.74) is 6.18. The van der Waals surface area contributed by atoms with Crippen molar-refractivity contribution in [3.8, 4) is 51.9 Å². The molecule has 0 aliphatic carbocycles. The van der Waals surface area contributed by atoms with E-state index < -0.39 is 31.3 Å². The molecule has 0 unspecified atom stereocenters. The van der Waals surface area contributed by atoms with Gasteiger partial charge in [0.2, 0.25) is 0 Å². The zero-order valence-electron chi connectivity index (χ0n) is 26.1. The summed E-state index contributed by atoms with van der Waals surface area (Å²) in [5.74, 6) is 9.19. The van der Waals surface area contributed by atoms with Gasteiger partial charge in [0.1, 0.15) is 11.4 Å². The fourth-order valence-corrected chi connectivity index (χ4v) is 3.05. The van der Waals surface area contributed by atoms with E-state index in [0.717, 1.165) is 16.1 Å². The van der Waals surface area contributed by atoms with Crippen LogP contribution in [0.3, 0.4) is 0 Å². The normalized spacial score (nSPS) is 10.4. The predicted octanol–water partition coefficient (Wildman–Crippen LogP) is 5.84. The Hall–Kier alpha value is -5.22. The van der Waals surface area contributed by atoms with Gasteiger partial charge in [-0.3, -0.25) is 14.9 Å². The minimum atomic E-state index is -6.09. The molecule has 28 heteroatoms. The average molecular weight is 900 g/mol. The SMILES string of the molecule is CC#N.O=S(=O)([O-])C(F)(F)F.O=S(=O)([O-])C(F)(F)F.[Cu+2].[Cu+2].[N-]=[N+]=[N-].[NH-]n1c(-c2cccc(-c3ccccn3)n2)nnc1-c1cccc(-c2ccccn2)n1. The summed E-state index contributed by atoms with van der Waals surface area (Å²) >= 11 is 0. The first kappa shape index (κ1) is 50.9. The van der Waals surface area contributed by atoms with E-state index in [0.29, 0.717) is 34.4 Å². The molecule has 5 heterocycles. The van der Waals surface area contributed by atoms with Crippen LogP contribution in [0.25, 0.3) is 67.6 Å². The number of hydrogen-bond donors (Lipinski definition) is 0. The van der Waals surface area contributed by atoms with Gasteiger partial charge in [0.15, 0.2) is 31.9 Å². The number of aromatic nitrogens is 7. The van der Waals surface area contributed by atoms with Crippen molar-refractivity contribution in [3.05, 3.63) is 107 Å². The summed E-state index contributed by atoms with van der Waals surface area (Å²) in [4.78, 5) is 19.4. The molecule has 0 aliphatic heterocycles. The molecule has 1 N–H and O–H groups in total. The zero-order chi connectivity index (χ0) is 39.8. The first-order chi connectivity index (χ1) is 24.1. The van der Waals surface area contributed by atoms with Crippen molar-refractivity contribution in [1.29, 1.82) is 5.26 Å². The van der Waals surface area contributed by atoms with Crippen LogP contribution >= 0.6 is 0 Å². The number of nitriles is 1. The van der Waals surface area contributed by atoms with Gasteiger partial charge in [-0.25, -0.2) is 26.8 Å². The second kappa shape index (κ2) is 22.8. The third-order valence-corrected chi connectivity index (χ3v) is 6.17. The molecule has 0 atom stereocenters. The number of nitrogens with zero attached hydrogens (tertiary/aromatic N) is 11. The maximum atomic E-state index is 10.7. The Morgan fingerprint density at radius 1 is 0.667 bits per heavy atom.